The number of nitrogens with one attached hydrogen (secondary N) is 1. The molecule has 0 saturated carbocycles. The van der Waals surface area contributed by atoms with E-state index >= 15 is 0 Å². The van der Waals surface area contributed by atoms with Gasteiger partial charge in [-0.25, -0.2) is 0 Å². The van der Waals surface area contributed by atoms with Crippen LogP contribution in [0.5, 0.6) is 0 Å². The standard InChI is InChI=1S/C10H19NO2S.C2H6/c1-4-9(12)5-6-11-10(13)7-14-8(2)3;1-2/h8H,4-7H2,1-3H3,(H,11,13);1-2H3. The zero-order chi connectivity index (χ0) is 13.0. The van der Waals surface area contributed by atoms with E-state index in [0.717, 1.165) is 0 Å². The first-order chi connectivity index (χ1) is 7.56. The SMILES string of the molecule is CC.CCC(=O)CCNC(=O)CSC(C)C. The van der Waals surface area contributed by atoms with Crippen molar-refractivity contribution in [1.29, 1.82) is 0 Å². The molecule has 0 radical (unpaired) electrons. The molecule has 0 aromatic rings. The Labute approximate surface area is 104 Å². The summed E-state index contributed by atoms with van der Waals surface area (Å²) in [6.07, 6.45) is 1.01. The van der Waals surface area contributed by atoms with Gasteiger partial charge in [-0.2, -0.15) is 0 Å². The lowest BCUT2D eigenvalue weighted by Gasteiger charge is -2.05. The summed E-state index contributed by atoms with van der Waals surface area (Å²) in [5.74, 6) is 0.701. The lowest BCUT2D eigenvalue weighted by atomic mass is 10.2. The Bertz CT molecular complexity index is 193. The highest BCUT2D eigenvalue weighted by atomic mass is 32.2. The zero-order valence-electron chi connectivity index (χ0n) is 11.1. The normalized spacial score (nSPS) is 9.38. The summed E-state index contributed by atoms with van der Waals surface area (Å²) in [5.41, 5.74) is 0. The number of ketones is 1. The molecule has 0 atom stereocenters. The van der Waals surface area contributed by atoms with Crippen molar-refractivity contribution < 1.29 is 9.59 Å². The third-order valence-electron chi connectivity index (χ3n) is 1.67. The summed E-state index contributed by atoms with van der Waals surface area (Å²) in [4.78, 5) is 22.1. The van der Waals surface area contributed by atoms with E-state index in [1.54, 1.807) is 11.8 Å². The van der Waals surface area contributed by atoms with E-state index in [4.69, 9.17) is 0 Å². The van der Waals surface area contributed by atoms with E-state index < -0.39 is 0 Å². The summed E-state index contributed by atoms with van der Waals surface area (Å²) in [5, 5.41) is 3.19. The van der Waals surface area contributed by atoms with Crippen molar-refractivity contribution in [2.45, 2.75) is 52.7 Å². The molecule has 0 bridgehead atoms. The van der Waals surface area contributed by atoms with Gasteiger partial charge in [0.25, 0.3) is 0 Å². The maximum absolute atomic E-state index is 11.2. The van der Waals surface area contributed by atoms with Gasteiger partial charge in [0, 0.05) is 19.4 Å². The number of hydrogen-bond donors (Lipinski definition) is 1. The van der Waals surface area contributed by atoms with Crippen molar-refractivity contribution >= 4 is 23.5 Å². The number of hydrogen-bond acceptors (Lipinski definition) is 3. The van der Waals surface area contributed by atoms with Crippen molar-refractivity contribution in [3.8, 4) is 0 Å². The lowest BCUT2D eigenvalue weighted by Crippen LogP contribution is -2.27. The van der Waals surface area contributed by atoms with Gasteiger partial charge in [0.15, 0.2) is 0 Å². The largest absolute Gasteiger partial charge is 0.355 e. The summed E-state index contributed by atoms with van der Waals surface area (Å²) >= 11 is 1.61. The quantitative estimate of drug-likeness (QED) is 0.752. The van der Waals surface area contributed by atoms with E-state index in [1.165, 1.54) is 0 Å². The van der Waals surface area contributed by atoms with Gasteiger partial charge >= 0.3 is 0 Å². The summed E-state index contributed by atoms with van der Waals surface area (Å²) in [6.45, 7) is 10.4. The minimum Gasteiger partial charge on any atom is -0.355 e. The van der Waals surface area contributed by atoms with Gasteiger partial charge in [0.1, 0.15) is 5.78 Å². The van der Waals surface area contributed by atoms with Crippen LogP contribution in [0.2, 0.25) is 0 Å². The highest BCUT2D eigenvalue weighted by Crippen LogP contribution is 2.07. The number of Topliss-reactive ketones (excluding diaryl/α,β-unsaturated/α-hetero) is 1. The molecule has 0 fully saturated rings. The second-order valence-electron chi connectivity index (χ2n) is 3.35. The molecule has 1 amide bonds. The topological polar surface area (TPSA) is 46.2 Å². The van der Waals surface area contributed by atoms with Gasteiger partial charge in [-0.3, -0.25) is 9.59 Å². The van der Waals surface area contributed by atoms with Crippen LogP contribution >= 0.6 is 11.8 Å². The van der Waals surface area contributed by atoms with Gasteiger partial charge in [-0.1, -0.05) is 34.6 Å². The molecule has 0 aromatic heterocycles. The van der Waals surface area contributed by atoms with Gasteiger partial charge in [-0.15, -0.1) is 11.8 Å². The summed E-state index contributed by atoms with van der Waals surface area (Å²) < 4.78 is 0. The third kappa shape index (κ3) is 13.5. The fraction of sp³-hybridized carbons (Fsp3) is 0.833. The maximum atomic E-state index is 11.2. The zero-order valence-corrected chi connectivity index (χ0v) is 11.9. The fourth-order valence-electron chi connectivity index (χ4n) is 0.812. The average Bonchev–Trinajstić information content (AvgIpc) is 2.28. The molecule has 96 valence electrons. The van der Waals surface area contributed by atoms with Gasteiger partial charge < -0.3 is 5.32 Å². The molecule has 0 rings (SSSR count). The Morgan fingerprint density at radius 2 is 1.81 bits per heavy atom. The van der Waals surface area contributed by atoms with E-state index in [0.29, 0.717) is 30.4 Å². The monoisotopic (exact) mass is 247 g/mol. The van der Waals surface area contributed by atoms with Crippen LogP contribution in [0.3, 0.4) is 0 Å². The number of carbonyl (C=O) groups excluding carboxylic acids is 2. The van der Waals surface area contributed by atoms with Crippen LogP contribution in [-0.2, 0) is 9.59 Å². The second kappa shape index (κ2) is 12.6. The van der Waals surface area contributed by atoms with Crippen molar-refractivity contribution in [3.05, 3.63) is 0 Å². The number of rotatable bonds is 7. The number of carbonyl (C=O) groups is 2. The first-order valence-electron chi connectivity index (χ1n) is 5.96. The Kier molecular flexibility index (Phi) is 14.0. The van der Waals surface area contributed by atoms with Crippen molar-refractivity contribution in [2.75, 3.05) is 12.3 Å². The van der Waals surface area contributed by atoms with Gasteiger partial charge in [-0.05, 0) is 5.25 Å². The molecule has 4 heteroatoms. The van der Waals surface area contributed by atoms with E-state index in [1.807, 2.05) is 20.8 Å². The van der Waals surface area contributed by atoms with E-state index in [-0.39, 0.29) is 11.7 Å². The third-order valence-corrected chi connectivity index (χ3v) is 2.76. The van der Waals surface area contributed by atoms with Crippen LogP contribution in [-0.4, -0.2) is 29.2 Å². The van der Waals surface area contributed by atoms with Gasteiger partial charge in [0.05, 0.1) is 5.75 Å². The first kappa shape index (κ1) is 17.9. The summed E-state index contributed by atoms with van der Waals surface area (Å²) in [7, 11) is 0. The van der Waals surface area contributed by atoms with Crippen LogP contribution in [0.15, 0.2) is 0 Å². The molecule has 0 aromatic carbocycles. The summed E-state index contributed by atoms with van der Waals surface area (Å²) in [6, 6.07) is 0. The molecule has 0 saturated heterocycles. The molecule has 0 spiro atoms. The lowest BCUT2D eigenvalue weighted by molar-refractivity contribution is -0.119. The molecule has 0 heterocycles. The Morgan fingerprint density at radius 1 is 1.25 bits per heavy atom. The van der Waals surface area contributed by atoms with Crippen molar-refractivity contribution in [2.24, 2.45) is 0 Å². The minimum absolute atomic E-state index is 0.0209. The van der Waals surface area contributed by atoms with Crippen LogP contribution in [0, 0.1) is 0 Å². The second-order valence-corrected chi connectivity index (χ2v) is 4.92. The average molecular weight is 247 g/mol. The highest BCUT2D eigenvalue weighted by molar-refractivity contribution is 8.00. The van der Waals surface area contributed by atoms with Crippen LogP contribution in [0.25, 0.3) is 0 Å². The molecule has 1 N–H and O–H groups in total. The molecule has 16 heavy (non-hydrogen) atoms. The molecule has 0 aliphatic carbocycles. The predicted molar refractivity (Wildman–Crippen MR) is 71.9 cm³/mol. The van der Waals surface area contributed by atoms with Crippen molar-refractivity contribution in [3.63, 3.8) is 0 Å². The molecule has 0 unspecified atom stereocenters. The number of thioether (sulfide) groups is 1. The molecule has 3 nitrogen and oxygen atoms in total. The Morgan fingerprint density at radius 3 is 2.25 bits per heavy atom. The molecular weight excluding hydrogens is 222 g/mol. The minimum atomic E-state index is 0.0209. The van der Waals surface area contributed by atoms with E-state index in [9.17, 15) is 9.59 Å². The van der Waals surface area contributed by atoms with E-state index in [2.05, 4.69) is 19.2 Å². The Balaban J connectivity index is 0. The number of amides is 1. The molecular formula is C12H25NO2S. The van der Waals surface area contributed by atoms with Gasteiger partial charge in [0.2, 0.25) is 5.91 Å². The van der Waals surface area contributed by atoms with Crippen LogP contribution in [0.1, 0.15) is 47.5 Å². The molecule has 0 aliphatic rings. The molecule has 0 aliphatic heterocycles. The van der Waals surface area contributed by atoms with Crippen LogP contribution < -0.4 is 5.32 Å². The van der Waals surface area contributed by atoms with Crippen LogP contribution in [0.4, 0.5) is 0 Å². The maximum Gasteiger partial charge on any atom is 0.230 e. The Hall–Kier alpha value is -0.510. The smallest absolute Gasteiger partial charge is 0.230 e. The highest BCUT2D eigenvalue weighted by Gasteiger charge is 2.04. The predicted octanol–water partition coefficient (Wildman–Crippen LogP) is 2.64. The first-order valence-corrected chi connectivity index (χ1v) is 7.01. The fourth-order valence-corrected chi connectivity index (χ4v) is 1.40. The van der Waals surface area contributed by atoms with Crippen molar-refractivity contribution in [1.82, 2.24) is 5.32 Å².